The molecule has 24 heavy (non-hydrogen) atoms. The van der Waals surface area contributed by atoms with Crippen LogP contribution in [0.1, 0.15) is 17.3 Å². The Balaban J connectivity index is 1.89. The van der Waals surface area contributed by atoms with Crippen LogP contribution >= 0.6 is 0 Å². The fourth-order valence-electron chi connectivity index (χ4n) is 1.98. The van der Waals surface area contributed by atoms with E-state index in [-0.39, 0.29) is 18.0 Å². The lowest BCUT2D eigenvalue weighted by Crippen LogP contribution is -2.32. The SMILES string of the molecule is CC(=O)Nc1cccc(NC(=O)CNC(=O)c2cccc(F)c2)c1. The fourth-order valence-corrected chi connectivity index (χ4v) is 1.98. The zero-order valence-corrected chi connectivity index (χ0v) is 12.9. The number of hydrogen-bond donors (Lipinski definition) is 3. The second kappa shape index (κ2) is 7.87. The highest BCUT2D eigenvalue weighted by molar-refractivity contribution is 5.99. The van der Waals surface area contributed by atoms with E-state index in [9.17, 15) is 18.8 Å². The van der Waals surface area contributed by atoms with Gasteiger partial charge in [-0.1, -0.05) is 12.1 Å². The van der Waals surface area contributed by atoms with E-state index in [1.165, 1.54) is 25.1 Å². The zero-order chi connectivity index (χ0) is 17.5. The topological polar surface area (TPSA) is 87.3 Å². The Labute approximate surface area is 138 Å². The van der Waals surface area contributed by atoms with Crippen LogP contribution in [0.15, 0.2) is 48.5 Å². The predicted octanol–water partition coefficient (Wildman–Crippen LogP) is 2.15. The van der Waals surface area contributed by atoms with Crippen LogP contribution in [0.3, 0.4) is 0 Å². The van der Waals surface area contributed by atoms with Gasteiger partial charge in [-0.2, -0.15) is 0 Å². The van der Waals surface area contributed by atoms with Crippen molar-refractivity contribution in [2.75, 3.05) is 17.2 Å². The number of carbonyl (C=O) groups excluding carboxylic acids is 3. The maximum atomic E-state index is 13.1. The standard InChI is InChI=1S/C17H16FN3O3/c1-11(22)20-14-6-3-7-15(9-14)21-16(23)10-19-17(24)12-4-2-5-13(18)8-12/h2-9H,10H2,1H3,(H,19,24)(H,20,22)(H,21,23). The van der Waals surface area contributed by atoms with E-state index in [0.717, 1.165) is 6.07 Å². The molecule has 124 valence electrons. The predicted molar refractivity (Wildman–Crippen MR) is 88.1 cm³/mol. The lowest BCUT2D eigenvalue weighted by molar-refractivity contribution is -0.115. The molecule has 0 aliphatic rings. The van der Waals surface area contributed by atoms with Crippen LogP contribution in [-0.2, 0) is 9.59 Å². The molecule has 6 nitrogen and oxygen atoms in total. The summed E-state index contributed by atoms with van der Waals surface area (Å²) in [7, 11) is 0. The highest BCUT2D eigenvalue weighted by Gasteiger charge is 2.09. The van der Waals surface area contributed by atoms with Crippen molar-refractivity contribution in [1.82, 2.24) is 5.32 Å². The van der Waals surface area contributed by atoms with Gasteiger partial charge in [0, 0.05) is 23.9 Å². The first-order valence-corrected chi connectivity index (χ1v) is 7.15. The maximum Gasteiger partial charge on any atom is 0.251 e. The van der Waals surface area contributed by atoms with Crippen LogP contribution in [0.5, 0.6) is 0 Å². The van der Waals surface area contributed by atoms with Crippen molar-refractivity contribution in [2.45, 2.75) is 6.92 Å². The minimum Gasteiger partial charge on any atom is -0.343 e. The van der Waals surface area contributed by atoms with E-state index in [2.05, 4.69) is 16.0 Å². The number of nitrogens with one attached hydrogen (secondary N) is 3. The molecule has 0 aromatic heterocycles. The van der Waals surface area contributed by atoms with Gasteiger partial charge in [-0.05, 0) is 36.4 Å². The normalized spacial score (nSPS) is 9.92. The maximum absolute atomic E-state index is 13.1. The number of benzene rings is 2. The third kappa shape index (κ3) is 5.20. The molecule has 0 fully saturated rings. The first-order chi connectivity index (χ1) is 11.4. The summed E-state index contributed by atoms with van der Waals surface area (Å²) in [6.07, 6.45) is 0. The van der Waals surface area contributed by atoms with E-state index in [1.807, 2.05) is 0 Å². The van der Waals surface area contributed by atoms with Crippen LogP contribution in [-0.4, -0.2) is 24.3 Å². The Morgan fingerprint density at radius 2 is 1.62 bits per heavy atom. The molecule has 7 heteroatoms. The van der Waals surface area contributed by atoms with Gasteiger partial charge in [-0.25, -0.2) is 4.39 Å². The number of hydrogen-bond acceptors (Lipinski definition) is 3. The molecule has 3 N–H and O–H groups in total. The van der Waals surface area contributed by atoms with E-state index in [0.29, 0.717) is 11.4 Å². The molecule has 0 radical (unpaired) electrons. The smallest absolute Gasteiger partial charge is 0.251 e. The summed E-state index contributed by atoms with van der Waals surface area (Å²) >= 11 is 0. The van der Waals surface area contributed by atoms with Crippen LogP contribution in [0.2, 0.25) is 0 Å². The third-order valence-corrected chi connectivity index (χ3v) is 2.96. The summed E-state index contributed by atoms with van der Waals surface area (Å²) in [6.45, 7) is 1.12. The Morgan fingerprint density at radius 3 is 2.29 bits per heavy atom. The van der Waals surface area contributed by atoms with Gasteiger partial charge < -0.3 is 16.0 Å². The van der Waals surface area contributed by atoms with E-state index in [1.54, 1.807) is 24.3 Å². The first kappa shape index (κ1) is 17.1. The lowest BCUT2D eigenvalue weighted by Gasteiger charge is -2.09. The fraction of sp³-hybridized carbons (Fsp3) is 0.118. The van der Waals surface area contributed by atoms with Crippen molar-refractivity contribution in [1.29, 1.82) is 0 Å². The Kier molecular flexibility index (Phi) is 5.62. The van der Waals surface area contributed by atoms with E-state index >= 15 is 0 Å². The van der Waals surface area contributed by atoms with Gasteiger partial charge in [0.2, 0.25) is 11.8 Å². The largest absolute Gasteiger partial charge is 0.343 e. The molecular weight excluding hydrogens is 313 g/mol. The Hall–Kier alpha value is -3.22. The molecule has 2 aromatic rings. The van der Waals surface area contributed by atoms with Gasteiger partial charge in [0.25, 0.3) is 5.91 Å². The average molecular weight is 329 g/mol. The summed E-state index contributed by atoms with van der Waals surface area (Å²) in [6, 6.07) is 11.8. The minimum atomic E-state index is -0.545. The molecule has 0 saturated carbocycles. The highest BCUT2D eigenvalue weighted by Crippen LogP contribution is 2.14. The number of rotatable bonds is 5. The van der Waals surface area contributed by atoms with Crippen molar-refractivity contribution in [3.8, 4) is 0 Å². The summed E-state index contributed by atoms with van der Waals surface area (Å²) in [5.74, 6) is -1.74. The van der Waals surface area contributed by atoms with Gasteiger partial charge in [0.1, 0.15) is 5.82 Å². The monoisotopic (exact) mass is 329 g/mol. The van der Waals surface area contributed by atoms with E-state index in [4.69, 9.17) is 0 Å². The Bertz CT molecular complexity index is 777. The molecule has 0 aliphatic heterocycles. The van der Waals surface area contributed by atoms with Gasteiger partial charge in [-0.3, -0.25) is 14.4 Å². The summed E-state index contributed by atoms with van der Waals surface area (Å²) in [4.78, 5) is 34.7. The second-order valence-corrected chi connectivity index (χ2v) is 5.00. The molecule has 0 atom stereocenters. The zero-order valence-electron chi connectivity index (χ0n) is 12.9. The van der Waals surface area contributed by atoms with Crippen molar-refractivity contribution in [3.63, 3.8) is 0 Å². The molecule has 2 rings (SSSR count). The average Bonchev–Trinajstić information content (AvgIpc) is 2.52. The van der Waals surface area contributed by atoms with Gasteiger partial charge in [0.05, 0.1) is 6.54 Å². The van der Waals surface area contributed by atoms with Crippen molar-refractivity contribution < 1.29 is 18.8 Å². The summed E-state index contributed by atoms with van der Waals surface area (Å²) < 4.78 is 13.1. The second-order valence-electron chi connectivity index (χ2n) is 5.00. The summed E-state index contributed by atoms with van der Waals surface area (Å²) in [5.41, 5.74) is 1.16. The molecule has 2 aromatic carbocycles. The molecule has 0 bridgehead atoms. The molecule has 0 aliphatic carbocycles. The quantitative estimate of drug-likeness (QED) is 0.785. The van der Waals surface area contributed by atoms with Crippen molar-refractivity contribution >= 4 is 29.1 Å². The Morgan fingerprint density at radius 1 is 0.958 bits per heavy atom. The van der Waals surface area contributed by atoms with Gasteiger partial charge in [-0.15, -0.1) is 0 Å². The lowest BCUT2D eigenvalue weighted by atomic mass is 10.2. The van der Waals surface area contributed by atoms with Crippen LogP contribution in [0.4, 0.5) is 15.8 Å². The summed E-state index contributed by atoms with van der Waals surface area (Å²) in [5, 5.41) is 7.60. The van der Waals surface area contributed by atoms with E-state index < -0.39 is 17.6 Å². The first-order valence-electron chi connectivity index (χ1n) is 7.15. The number of carbonyl (C=O) groups is 3. The highest BCUT2D eigenvalue weighted by atomic mass is 19.1. The minimum absolute atomic E-state index is 0.135. The van der Waals surface area contributed by atoms with Crippen molar-refractivity contribution in [2.24, 2.45) is 0 Å². The molecule has 3 amide bonds. The number of halogens is 1. The molecule has 0 heterocycles. The number of anilines is 2. The van der Waals surface area contributed by atoms with Crippen LogP contribution in [0.25, 0.3) is 0 Å². The molecule has 0 spiro atoms. The third-order valence-electron chi connectivity index (χ3n) is 2.96. The molecule has 0 saturated heterocycles. The van der Waals surface area contributed by atoms with Crippen LogP contribution in [0, 0.1) is 5.82 Å². The van der Waals surface area contributed by atoms with Gasteiger partial charge in [0.15, 0.2) is 0 Å². The molecule has 0 unspecified atom stereocenters. The molecular formula is C17H16FN3O3. The van der Waals surface area contributed by atoms with Crippen molar-refractivity contribution in [3.05, 3.63) is 59.9 Å². The van der Waals surface area contributed by atoms with Crippen LogP contribution < -0.4 is 16.0 Å². The van der Waals surface area contributed by atoms with Gasteiger partial charge >= 0.3 is 0 Å². The number of amides is 3.